The van der Waals surface area contributed by atoms with E-state index in [9.17, 15) is 19.2 Å². The average Bonchev–Trinajstić information content (AvgIpc) is 2.48. The molecule has 0 aromatic heterocycles. The monoisotopic (exact) mass is 208 g/mol. The van der Waals surface area contributed by atoms with Crippen LogP contribution in [0.4, 0.5) is 0 Å². The molecule has 3 amide bonds. The van der Waals surface area contributed by atoms with E-state index in [1.165, 1.54) is 0 Å². The van der Waals surface area contributed by atoms with Crippen molar-refractivity contribution in [2.75, 3.05) is 0 Å². The Morgan fingerprint density at radius 2 is 1.87 bits per heavy atom. The summed E-state index contributed by atoms with van der Waals surface area (Å²) in [6.07, 6.45) is 3.36. The Balaban J connectivity index is 2.92. The third-order valence-electron chi connectivity index (χ3n) is 1.75. The number of primary amides is 1. The van der Waals surface area contributed by atoms with Crippen LogP contribution >= 0.6 is 0 Å². The van der Waals surface area contributed by atoms with Crippen molar-refractivity contribution in [3.8, 4) is 0 Å². The lowest BCUT2D eigenvalue weighted by molar-refractivity contribution is -0.133. The number of carbonyl (C=O) groups excluding carboxylic acids is 4. The molecule has 78 valence electrons. The lowest BCUT2D eigenvalue weighted by Gasteiger charge is -2.08. The van der Waals surface area contributed by atoms with Crippen LogP contribution in [0.15, 0.2) is 23.9 Å². The third kappa shape index (κ3) is 2.37. The second-order valence-corrected chi connectivity index (χ2v) is 2.77. The van der Waals surface area contributed by atoms with E-state index < -0.39 is 17.7 Å². The minimum atomic E-state index is -0.838. The summed E-state index contributed by atoms with van der Waals surface area (Å²) in [6.45, 7) is 0. The number of hydrogen-bond acceptors (Lipinski definition) is 4. The molecule has 0 radical (unpaired) electrons. The van der Waals surface area contributed by atoms with Crippen molar-refractivity contribution in [2.24, 2.45) is 5.73 Å². The van der Waals surface area contributed by atoms with E-state index in [0.717, 1.165) is 23.3 Å². The van der Waals surface area contributed by atoms with Gasteiger partial charge in [0.2, 0.25) is 5.91 Å². The van der Waals surface area contributed by atoms with Crippen LogP contribution in [0.5, 0.6) is 0 Å². The molecule has 0 aromatic carbocycles. The van der Waals surface area contributed by atoms with Crippen molar-refractivity contribution in [2.45, 2.75) is 6.42 Å². The van der Waals surface area contributed by atoms with Crippen LogP contribution < -0.4 is 5.73 Å². The zero-order chi connectivity index (χ0) is 11.4. The predicted molar refractivity (Wildman–Crippen MR) is 49.0 cm³/mol. The molecular weight excluding hydrogens is 200 g/mol. The molecule has 2 N–H and O–H groups in total. The number of nitrogens with two attached hydrogens (primary N) is 1. The van der Waals surface area contributed by atoms with Crippen LogP contribution in [0, 0.1) is 0 Å². The summed E-state index contributed by atoms with van der Waals surface area (Å²) in [6, 6.07) is 0. The number of nitrogens with zero attached hydrogens (tertiary/aromatic N) is 1. The molecule has 1 aliphatic heterocycles. The first kappa shape index (κ1) is 10.8. The van der Waals surface area contributed by atoms with Gasteiger partial charge < -0.3 is 10.5 Å². The molecule has 1 rings (SSSR count). The fraction of sp³-hybridized carbons (Fsp3) is 0.111. The van der Waals surface area contributed by atoms with Gasteiger partial charge >= 0.3 is 0 Å². The van der Waals surface area contributed by atoms with Crippen LogP contribution in [0.1, 0.15) is 6.42 Å². The maximum Gasteiger partial charge on any atom is 0.257 e. The van der Waals surface area contributed by atoms with E-state index in [-0.39, 0.29) is 12.0 Å². The summed E-state index contributed by atoms with van der Waals surface area (Å²) in [4.78, 5) is 43.9. The Labute approximate surface area is 85.0 Å². The zero-order valence-corrected chi connectivity index (χ0v) is 7.67. The highest BCUT2D eigenvalue weighted by molar-refractivity contribution is 6.14. The predicted octanol–water partition coefficient (Wildman–Crippen LogP) is -1.13. The number of carbonyl (C=O) groups is 4. The second-order valence-electron chi connectivity index (χ2n) is 2.77. The number of imide groups is 1. The zero-order valence-electron chi connectivity index (χ0n) is 7.67. The highest BCUT2D eigenvalue weighted by Gasteiger charge is 2.22. The minimum absolute atomic E-state index is 0.0876. The molecule has 0 bridgehead atoms. The van der Waals surface area contributed by atoms with Crippen molar-refractivity contribution in [3.63, 3.8) is 0 Å². The molecule has 0 aromatic rings. The number of rotatable bonds is 4. The van der Waals surface area contributed by atoms with Gasteiger partial charge in [0.25, 0.3) is 11.8 Å². The van der Waals surface area contributed by atoms with Gasteiger partial charge in [0.15, 0.2) is 0 Å². The van der Waals surface area contributed by atoms with Gasteiger partial charge in [-0.1, -0.05) is 0 Å². The molecule has 6 heteroatoms. The molecule has 1 heterocycles. The Hall–Kier alpha value is -2.24. The van der Waals surface area contributed by atoms with Crippen molar-refractivity contribution in [1.82, 2.24) is 4.90 Å². The molecule has 6 nitrogen and oxygen atoms in total. The van der Waals surface area contributed by atoms with Gasteiger partial charge in [-0.15, -0.1) is 0 Å². The lowest BCUT2D eigenvalue weighted by atomic mass is 10.2. The van der Waals surface area contributed by atoms with Gasteiger partial charge in [0, 0.05) is 30.3 Å². The van der Waals surface area contributed by atoms with E-state index in [0.29, 0.717) is 6.29 Å². The molecule has 1 aliphatic rings. The number of amides is 3. The normalized spacial score (nSPS) is 16.0. The Kier molecular flexibility index (Phi) is 3.12. The first-order valence-electron chi connectivity index (χ1n) is 4.05. The standard InChI is InChI=1S/C9H8N2O4/c10-9(15)6(3-4-12)5-11-7(13)1-2-8(11)14/h1-2,4-5H,3H2,(H2,10,15). The molecule has 0 spiro atoms. The molecule has 0 fully saturated rings. The summed E-state index contributed by atoms with van der Waals surface area (Å²) >= 11 is 0. The Morgan fingerprint density at radius 1 is 1.33 bits per heavy atom. The van der Waals surface area contributed by atoms with Crippen LogP contribution in [0.3, 0.4) is 0 Å². The maximum atomic E-state index is 11.1. The molecule has 15 heavy (non-hydrogen) atoms. The fourth-order valence-electron chi connectivity index (χ4n) is 1.00. The van der Waals surface area contributed by atoms with E-state index in [1.807, 2.05) is 0 Å². The van der Waals surface area contributed by atoms with Gasteiger partial charge in [-0.2, -0.15) is 0 Å². The Bertz CT molecular complexity index is 377. The second kappa shape index (κ2) is 4.32. The van der Waals surface area contributed by atoms with E-state index in [2.05, 4.69) is 0 Å². The van der Waals surface area contributed by atoms with E-state index in [4.69, 9.17) is 5.73 Å². The van der Waals surface area contributed by atoms with Crippen LogP contribution in [0.2, 0.25) is 0 Å². The van der Waals surface area contributed by atoms with Gasteiger partial charge in [-0.3, -0.25) is 14.4 Å². The van der Waals surface area contributed by atoms with E-state index >= 15 is 0 Å². The quantitative estimate of drug-likeness (QED) is 0.359. The highest BCUT2D eigenvalue weighted by atomic mass is 16.2. The van der Waals surface area contributed by atoms with Gasteiger partial charge in [0.1, 0.15) is 6.29 Å². The third-order valence-corrected chi connectivity index (χ3v) is 1.75. The Morgan fingerprint density at radius 3 is 2.27 bits per heavy atom. The van der Waals surface area contributed by atoms with Gasteiger partial charge in [0.05, 0.1) is 0 Å². The summed E-state index contributed by atoms with van der Waals surface area (Å²) in [5, 5.41) is 0. The first-order valence-corrected chi connectivity index (χ1v) is 4.05. The SMILES string of the molecule is NC(=O)C(=CN1C(=O)C=CC1=O)CC=O. The highest BCUT2D eigenvalue weighted by Crippen LogP contribution is 2.08. The van der Waals surface area contributed by atoms with Crippen molar-refractivity contribution in [3.05, 3.63) is 23.9 Å². The summed E-state index contributed by atoms with van der Waals surface area (Å²) in [7, 11) is 0. The van der Waals surface area contributed by atoms with Crippen molar-refractivity contribution >= 4 is 24.0 Å². The minimum Gasteiger partial charge on any atom is -0.366 e. The van der Waals surface area contributed by atoms with Crippen LogP contribution in [-0.4, -0.2) is 28.9 Å². The lowest BCUT2D eigenvalue weighted by Crippen LogP contribution is -2.27. The topological polar surface area (TPSA) is 97.5 Å². The molecule has 0 saturated carbocycles. The van der Waals surface area contributed by atoms with Gasteiger partial charge in [-0.05, 0) is 0 Å². The first-order chi connectivity index (χ1) is 7.06. The molecule has 0 atom stereocenters. The average molecular weight is 208 g/mol. The number of aldehydes is 1. The van der Waals surface area contributed by atoms with Crippen molar-refractivity contribution in [1.29, 1.82) is 0 Å². The summed E-state index contributed by atoms with van der Waals surface area (Å²) in [5.41, 5.74) is 4.87. The summed E-state index contributed by atoms with van der Waals surface area (Å²) < 4.78 is 0. The molecule has 0 saturated heterocycles. The fourth-order valence-corrected chi connectivity index (χ4v) is 1.00. The number of hydrogen-bond donors (Lipinski definition) is 1. The molecule has 0 aliphatic carbocycles. The molecule has 0 unspecified atom stereocenters. The van der Waals surface area contributed by atoms with Crippen LogP contribution in [-0.2, 0) is 19.2 Å². The smallest absolute Gasteiger partial charge is 0.257 e. The largest absolute Gasteiger partial charge is 0.366 e. The maximum absolute atomic E-state index is 11.1. The van der Waals surface area contributed by atoms with Crippen LogP contribution in [0.25, 0.3) is 0 Å². The van der Waals surface area contributed by atoms with Gasteiger partial charge in [-0.25, -0.2) is 4.90 Å². The van der Waals surface area contributed by atoms with Crippen molar-refractivity contribution < 1.29 is 19.2 Å². The van der Waals surface area contributed by atoms with E-state index in [1.54, 1.807) is 0 Å². The molecular formula is C9H8N2O4. The summed E-state index contributed by atoms with van der Waals surface area (Å²) in [5.74, 6) is -1.97.